The Kier molecular flexibility index (Phi) is 7.95. The summed E-state index contributed by atoms with van der Waals surface area (Å²) in [5.74, 6) is -0.0685. The van der Waals surface area contributed by atoms with Gasteiger partial charge in [0, 0.05) is 11.1 Å². The van der Waals surface area contributed by atoms with E-state index >= 15 is 0 Å². The molecule has 0 N–H and O–H groups in total. The maximum atomic E-state index is 12.2. The number of hydrogen-bond acceptors (Lipinski definition) is 1. The molecule has 0 aromatic rings. The van der Waals surface area contributed by atoms with E-state index in [9.17, 15) is 4.79 Å². The lowest BCUT2D eigenvalue weighted by Gasteiger charge is -2.01. The summed E-state index contributed by atoms with van der Waals surface area (Å²) in [6, 6.07) is 0. The summed E-state index contributed by atoms with van der Waals surface area (Å²) in [5.41, 5.74) is 1.15. The van der Waals surface area contributed by atoms with Gasteiger partial charge in [-0.05, 0) is 6.92 Å². The fourth-order valence-corrected chi connectivity index (χ4v) is 1.19. The second kappa shape index (κ2) is 9.10. The summed E-state index contributed by atoms with van der Waals surface area (Å²) < 4.78 is 0. The fraction of sp³-hybridized carbons (Fsp3) is 0.0625. The van der Waals surface area contributed by atoms with Gasteiger partial charge in [-0.25, -0.2) is 0 Å². The third-order valence-electron chi connectivity index (χ3n) is 1.88. The van der Waals surface area contributed by atoms with Crippen LogP contribution < -0.4 is 0 Å². The summed E-state index contributed by atoms with van der Waals surface area (Å²) in [4.78, 5) is 12.2. The van der Waals surface area contributed by atoms with Crippen LogP contribution in [0.3, 0.4) is 0 Å². The van der Waals surface area contributed by atoms with Gasteiger partial charge in [0.15, 0.2) is 5.78 Å². The Morgan fingerprint density at radius 2 is 1.41 bits per heavy atom. The highest BCUT2D eigenvalue weighted by molar-refractivity contribution is 6.12. The van der Waals surface area contributed by atoms with Crippen molar-refractivity contribution in [2.24, 2.45) is 0 Å². The molecule has 0 spiro atoms. The predicted molar refractivity (Wildman–Crippen MR) is 75.7 cm³/mol. The zero-order valence-corrected chi connectivity index (χ0v) is 10.2. The van der Waals surface area contributed by atoms with Crippen LogP contribution in [0.15, 0.2) is 85.6 Å². The maximum absolute atomic E-state index is 12.2. The van der Waals surface area contributed by atoms with Gasteiger partial charge < -0.3 is 0 Å². The number of allylic oxidation sites excluding steroid dienone is 11. The predicted octanol–water partition coefficient (Wildman–Crippen LogP) is 4.10. The topological polar surface area (TPSA) is 17.1 Å². The van der Waals surface area contributed by atoms with Gasteiger partial charge in [-0.15, -0.1) is 0 Å². The molecular weight excluding hydrogens is 208 g/mol. The van der Waals surface area contributed by atoms with Crippen molar-refractivity contribution in [2.75, 3.05) is 0 Å². The molecular formula is C16H18O. The molecule has 0 saturated heterocycles. The number of carbonyl (C=O) groups excluding carboxylic acids is 1. The first-order valence-electron chi connectivity index (χ1n) is 5.33. The van der Waals surface area contributed by atoms with Crippen LogP contribution in [0, 0.1) is 0 Å². The van der Waals surface area contributed by atoms with Crippen molar-refractivity contribution in [2.45, 2.75) is 6.92 Å². The monoisotopic (exact) mass is 226 g/mol. The van der Waals surface area contributed by atoms with Crippen LogP contribution >= 0.6 is 0 Å². The molecule has 0 radical (unpaired) electrons. The van der Waals surface area contributed by atoms with E-state index in [2.05, 4.69) is 19.7 Å². The molecule has 0 aromatic heterocycles. The highest BCUT2D eigenvalue weighted by Gasteiger charge is 2.08. The minimum Gasteiger partial charge on any atom is -0.289 e. The molecule has 0 saturated carbocycles. The van der Waals surface area contributed by atoms with Gasteiger partial charge in [0.25, 0.3) is 0 Å². The van der Waals surface area contributed by atoms with Crippen molar-refractivity contribution in [3.05, 3.63) is 85.6 Å². The lowest BCUT2D eigenvalue weighted by molar-refractivity contribution is -0.111. The van der Waals surface area contributed by atoms with Gasteiger partial charge in [-0.3, -0.25) is 4.79 Å². The number of ketones is 1. The second-order valence-corrected chi connectivity index (χ2v) is 3.14. The van der Waals surface area contributed by atoms with E-state index < -0.39 is 0 Å². The van der Waals surface area contributed by atoms with Crippen molar-refractivity contribution in [1.29, 1.82) is 0 Å². The van der Waals surface area contributed by atoms with Crippen LogP contribution in [-0.2, 0) is 4.79 Å². The molecule has 0 rings (SSSR count). The van der Waals surface area contributed by atoms with Crippen LogP contribution in [0.25, 0.3) is 0 Å². The fourth-order valence-electron chi connectivity index (χ4n) is 1.19. The van der Waals surface area contributed by atoms with E-state index in [0.29, 0.717) is 11.1 Å². The number of hydrogen-bond donors (Lipinski definition) is 0. The van der Waals surface area contributed by atoms with Gasteiger partial charge in [0.2, 0.25) is 0 Å². The van der Waals surface area contributed by atoms with Gasteiger partial charge >= 0.3 is 0 Å². The quantitative estimate of drug-likeness (QED) is 0.472. The molecule has 0 atom stereocenters. The Bertz CT molecular complexity index is 415. The summed E-state index contributed by atoms with van der Waals surface area (Å²) in [6.45, 7) is 12.6. The Hall–Kier alpha value is -2.15. The van der Waals surface area contributed by atoms with Crippen LogP contribution in [0.5, 0.6) is 0 Å². The molecule has 0 aromatic carbocycles. The minimum absolute atomic E-state index is 0.0685. The van der Waals surface area contributed by atoms with E-state index in [-0.39, 0.29) is 5.78 Å². The number of Topliss-reactive ketones (excluding diaryl/α,β-unsaturated/α-hetero) is 1. The van der Waals surface area contributed by atoms with Crippen molar-refractivity contribution in [1.82, 2.24) is 0 Å². The first kappa shape index (κ1) is 14.8. The normalized spacial score (nSPS) is 13.0. The summed E-state index contributed by atoms with van der Waals surface area (Å²) in [6.07, 6.45) is 15.1. The van der Waals surface area contributed by atoms with Gasteiger partial charge in [0.1, 0.15) is 0 Å². The summed E-state index contributed by atoms with van der Waals surface area (Å²) in [7, 11) is 0. The molecule has 1 heteroatoms. The maximum Gasteiger partial charge on any atom is 0.193 e. The average Bonchev–Trinajstić information content (AvgIpc) is 2.33. The Labute approximate surface area is 104 Å². The Morgan fingerprint density at radius 1 is 0.882 bits per heavy atom. The van der Waals surface area contributed by atoms with Crippen molar-refractivity contribution < 1.29 is 4.79 Å². The van der Waals surface area contributed by atoms with Crippen molar-refractivity contribution in [3.8, 4) is 0 Å². The standard InChI is InChI=1S/C16H18O/c1-5-9-13-15(12-8-4)16(17)14(10-6-2)11-7-3/h5-13H,1-2,4H2,3H3/b11-7-,13-9-,14-10+,15-12+. The molecule has 88 valence electrons. The highest BCUT2D eigenvalue weighted by Crippen LogP contribution is 2.10. The summed E-state index contributed by atoms with van der Waals surface area (Å²) >= 11 is 0. The molecule has 0 aliphatic rings. The van der Waals surface area contributed by atoms with E-state index in [1.165, 1.54) is 0 Å². The smallest absolute Gasteiger partial charge is 0.193 e. The minimum atomic E-state index is -0.0685. The Balaban J connectivity index is 5.32. The van der Waals surface area contributed by atoms with Crippen molar-refractivity contribution in [3.63, 3.8) is 0 Å². The number of carbonyl (C=O) groups is 1. The first-order chi connectivity index (χ1) is 8.21. The molecule has 0 heterocycles. The summed E-state index contributed by atoms with van der Waals surface area (Å²) in [5, 5.41) is 0. The van der Waals surface area contributed by atoms with Crippen molar-refractivity contribution >= 4 is 5.78 Å². The molecule has 0 bridgehead atoms. The third-order valence-corrected chi connectivity index (χ3v) is 1.88. The molecule has 0 aliphatic carbocycles. The van der Waals surface area contributed by atoms with E-state index in [4.69, 9.17) is 0 Å². The molecule has 0 aliphatic heterocycles. The molecule has 1 nitrogen and oxygen atoms in total. The number of rotatable bonds is 7. The van der Waals surface area contributed by atoms with E-state index in [1.807, 2.05) is 13.0 Å². The van der Waals surface area contributed by atoms with Crippen LogP contribution in [0.1, 0.15) is 6.92 Å². The Morgan fingerprint density at radius 3 is 1.82 bits per heavy atom. The zero-order valence-electron chi connectivity index (χ0n) is 10.2. The van der Waals surface area contributed by atoms with E-state index in [0.717, 1.165) is 0 Å². The van der Waals surface area contributed by atoms with Crippen LogP contribution in [0.4, 0.5) is 0 Å². The largest absolute Gasteiger partial charge is 0.289 e. The SMILES string of the molecule is C=C/C=C\C(=C/C=C)C(=O)C(/C=C\C)=C/C=C. The molecule has 17 heavy (non-hydrogen) atoms. The molecule has 0 unspecified atom stereocenters. The van der Waals surface area contributed by atoms with Crippen LogP contribution in [-0.4, -0.2) is 5.78 Å². The second-order valence-electron chi connectivity index (χ2n) is 3.14. The first-order valence-corrected chi connectivity index (χ1v) is 5.33. The van der Waals surface area contributed by atoms with Gasteiger partial charge in [-0.1, -0.05) is 74.4 Å². The zero-order chi connectivity index (χ0) is 13.1. The van der Waals surface area contributed by atoms with Crippen LogP contribution in [0.2, 0.25) is 0 Å². The lowest BCUT2D eigenvalue weighted by atomic mass is 10.0. The van der Waals surface area contributed by atoms with Gasteiger partial charge in [-0.2, -0.15) is 0 Å². The van der Waals surface area contributed by atoms with E-state index in [1.54, 1.807) is 48.6 Å². The molecule has 0 amide bonds. The average molecular weight is 226 g/mol. The third kappa shape index (κ3) is 5.47. The highest BCUT2D eigenvalue weighted by atomic mass is 16.1. The van der Waals surface area contributed by atoms with Gasteiger partial charge in [0.05, 0.1) is 0 Å². The molecule has 0 fully saturated rings. The lowest BCUT2D eigenvalue weighted by Crippen LogP contribution is -2.02.